The maximum atomic E-state index is 12.2. The van der Waals surface area contributed by atoms with E-state index in [9.17, 15) is 4.79 Å². The number of aromatic nitrogens is 2. The number of benzene rings is 1. The van der Waals surface area contributed by atoms with Crippen LogP contribution in [0.2, 0.25) is 0 Å². The van der Waals surface area contributed by atoms with Gasteiger partial charge in [0.05, 0.1) is 23.1 Å². The van der Waals surface area contributed by atoms with Crippen LogP contribution < -0.4 is 5.32 Å². The van der Waals surface area contributed by atoms with Crippen molar-refractivity contribution in [1.82, 2.24) is 14.9 Å². The van der Waals surface area contributed by atoms with Crippen LogP contribution in [0.3, 0.4) is 0 Å². The number of imidazole rings is 1. The molecule has 2 aromatic heterocycles. The first kappa shape index (κ1) is 13.8. The van der Waals surface area contributed by atoms with E-state index in [1.54, 1.807) is 11.3 Å². The topological polar surface area (TPSA) is 46.9 Å². The Morgan fingerprint density at radius 2 is 2.10 bits per heavy atom. The number of para-hydroxylation sites is 2. The molecule has 3 aromatic rings. The third-order valence-corrected chi connectivity index (χ3v) is 4.54. The van der Waals surface area contributed by atoms with Crippen LogP contribution in [0.15, 0.2) is 30.3 Å². The van der Waals surface area contributed by atoms with Crippen LogP contribution >= 0.6 is 11.3 Å². The zero-order chi connectivity index (χ0) is 15.0. The van der Waals surface area contributed by atoms with Crippen LogP contribution in [-0.2, 0) is 13.6 Å². The van der Waals surface area contributed by atoms with Crippen molar-refractivity contribution in [2.75, 3.05) is 0 Å². The molecular weight excluding hydrogens is 282 g/mol. The molecule has 0 aliphatic heterocycles. The van der Waals surface area contributed by atoms with E-state index >= 15 is 0 Å². The van der Waals surface area contributed by atoms with Gasteiger partial charge in [-0.15, -0.1) is 11.3 Å². The maximum absolute atomic E-state index is 12.2. The summed E-state index contributed by atoms with van der Waals surface area (Å²) in [5.74, 6) is 0.818. The Morgan fingerprint density at radius 1 is 1.33 bits per heavy atom. The second kappa shape index (κ2) is 5.33. The van der Waals surface area contributed by atoms with Crippen LogP contribution in [0, 0.1) is 13.8 Å². The fourth-order valence-electron chi connectivity index (χ4n) is 2.46. The molecule has 4 nitrogen and oxygen atoms in total. The van der Waals surface area contributed by atoms with Gasteiger partial charge < -0.3 is 9.88 Å². The number of hydrogen-bond donors (Lipinski definition) is 1. The molecule has 0 saturated carbocycles. The molecular formula is C16H17N3OS. The molecule has 0 bridgehead atoms. The molecule has 2 heterocycles. The SMILES string of the molecule is Cc1cc(C(=O)NCc2nc3ccccc3n2C)c(C)s1. The van der Waals surface area contributed by atoms with Gasteiger partial charge in [-0.2, -0.15) is 0 Å². The second-order valence-electron chi connectivity index (χ2n) is 5.09. The van der Waals surface area contributed by atoms with E-state index in [1.165, 1.54) is 0 Å². The summed E-state index contributed by atoms with van der Waals surface area (Å²) < 4.78 is 2.02. The molecule has 1 amide bonds. The minimum Gasteiger partial charge on any atom is -0.345 e. The van der Waals surface area contributed by atoms with E-state index in [0.717, 1.165) is 32.2 Å². The Labute approximate surface area is 127 Å². The van der Waals surface area contributed by atoms with Crippen LogP contribution in [-0.4, -0.2) is 15.5 Å². The first-order valence-corrected chi connectivity index (χ1v) is 7.63. The molecule has 0 atom stereocenters. The van der Waals surface area contributed by atoms with Gasteiger partial charge in [-0.3, -0.25) is 4.79 Å². The lowest BCUT2D eigenvalue weighted by Crippen LogP contribution is -2.24. The number of rotatable bonds is 3. The standard InChI is InChI=1S/C16H17N3OS/c1-10-8-12(11(2)21-10)16(20)17-9-15-18-13-6-4-5-7-14(13)19(15)3/h4-8H,9H2,1-3H3,(H,17,20). The molecule has 3 rings (SSSR count). The molecule has 0 unspecified atom stereocenters. The highest BCUT2D eigenvalue weighted by Gasteiger charge is 2.13. The van der Waals surface area contributed by atoms with Gasteiger partial charge in [0.25, 0.3) is 5.91 Å². The first-order valence-electron chi connectivity index (χ1n) is 6.82. The zero-order valence-corrected chi connectivity index (χ0v) is 13.1. The highest BCUT2D eigenvalue weighted by Crippen LogP contribution is 2.20. The van der Waals surface area contributed by atoms with Crippen LogP contribution in [0.1, 0.15) is 25.9 Å². The Balaban J connectivity index is 1.79. The molecule has 108 valence electrons. The van der Waals surface area contributed by atoms with E-state index in [4.69, 9.17) is 0 Å². The smallest absolute Gasteiger partial charge is 0.252 e. The normalized spacial score (nSPS) is 11.0. The number of nitrogens with one attached hydrogen (secondary N) is 1. The number of hydrogen-bond acceptors (Lipinski definition) is 3. The number of aryl methyl sites for hydroxylation is 3. The Bertz CT molecular complexity index is 816. The van der Waals surface area contributed by atoms with Crippen molar-refractivity contribution >= 4 is 28.3 Å². The Kier molecular flexibility index (Phi) is 3.51. The molecule has 0 radical (unpaired) electrons. The van der Waals surface area contributed by atoms with Gasteiger partial charge in [-0.25, -0.2) is 4.98 Å². The Hall–Kier alpha value is -2.14. The molecule has 0 aliphatic rings. The predicted octanol–water partition coefficient (Wildman–Crippen LogP) is 3.18. The highest BCUT2D eigenvalue weighted by atomic mass is 32.1. The average molecular weight is 299 g/mol. The maximum Gasteiger partial charge on any atom is 0.252 e. The predicted molar refractivity (Wildman–Crippen MR) is 85.7 cm³/mol. The van der Waals surface area contributed by atoms with Crippen molar-refractivity contribution in [1.29, 1.82) is 0 Å². The minimum atomic E-state index is -0.0380. The van der Waals surface area contributed by atoms with E-state index in [2.05, 4.69) is 10.3 Å². The van der Waals surface area contributed by atoms with E-state index in [-0.39, 0.29) is 5.91 Å². The monoisotopic (exact) mass is 299 g/mol. The van der Waals surface area contributed by atoms with Crippen LogP contribution in [0.4, 0.5) is 0 Å². The Morgan fingerprint density at radius 3 is 2.76 bits per heavy atom. The first-order chi connectivity index (χ1) is 10.1. The van der Waals surface area contributed by atoms with Crippen molar-refractivity contribution in [2.24, 2.45) is 7.05 Å². The molecule has 21 heavy (non-hydrogen) atoms. The summed E-state index contributed by atoms with van der Waals surface area (Å²) in [7, 11) is 1.97. The van der Waals surface area contributed by atoms with Gasteiger partial charge in [0.15, 0.2) is 0 Å². The third-order valence-electron chi connectivity index (χ3n) is 3.57. The molecule has 1 N–H and O–H groups in total. The van der Waals surface area contributed by atoms with Crippen molar-refractivity contribution < 1.29 is 4.79 Å². The molecule has 5 heteroatoms. The second-order valence-corrected chi connectivity index (χ2v) is 6.55. The lowest BCUT2D eigenvalue weighted by molar-refractivity contribution is 0.0949. The third kappa shape index (κ3) is 2.56. The van der Waals surface area contributed by atoms with E-state index < -0.39 is 0 Å². The average Bonchev–Trinajstić information content (AvgIpc) is 2.97. The lowest BCUT2D eigenvalue weighted by atomic mass is 10.2. The van der Waals surface area contributed by atoms with Crippen LogP contribution in [0.5, 0.6) is 0 Å². The fourth-order valence-corrected chi connectivity index (χ4v) is 3.39. The van der Waals surface area contributed by atoms with Gasteiger partial charge in [-0.1, -0.05) is 12.1 Å². The van der Waals surface area contributed by atoms with Gasteiger partial charge in [0.2, 0.25) is 0 Å². The molecule has 0 aliphatic carbocycles. The van der Waals surface area contributed by atoms with E-state index in [0.29, 0.717) is 6.54 Å². The molecule has 0 fully saturated rings. The van der Waals surface area contributed by atoms with Gasteiger partial charge >= 0.3 is 0 Å². The largest absolute Gasteiger partial charge is 0.345 e. The number of carbonyl (C=O) groups is 1. The van der Waals surface area contributed by atoms with Crippen molar-refractivity contribution in [3.8, 4) is 0 Å². The summed E-state index contributed by atoms with van der Waals surface area (Å²) in [6, 6.07) is 9.90. The lowest BCUT2D eigenvalue weighted by Gasteiger charge is -2.05. The summed E-state index contributed by atoms with van der Waals surface area (Å²) in [4.78, 5) is 19.0. The summed E-state index contributed by atoms with van der Waals surface area (Å²) in [5, 5.41) is 2.96. The summed E-state index contributed by atoms with van der Waals surface area (Å²) in [6.07, 6.45) is 0. The minimum absolute atomic E-state index is 0.0380. The highest BCUT2D eigenvalue weighted by molar-refractivity contribution is 7.12. The van der Waals surface area contributed by atoms with Crippen molar-refractivity contribution in [3.63, 3.8) is 0 Å². The number of carbonyl (C=O) groups excluding carboxylic acids is 1. The molecule has 1 aromatic carbocycles. The number of fused-ring (bicyclic) bond motifs is 1. The van der Waals surface area contributed by atoms with Crippen molar-refractivity contribution in [2.45, 2.75) is 20.4 Å². The zero-order valence-electron chi connectivity index (χ0n) is 12.3. The molecule has 0 saturated heterocycles. The van der Waals surface area contributed by atoms with E-state index in [1.807, 2.05) is 55.8 Å². The van der Waals surface area contributed by atoms with Crippen molar-refractivity contribution in [3.05, 3.63) is 51.5 Å². The van der Waals surface area contributed by atoms with Gasteiger partial charge in [0, 0.05) is 16.8 Å². The quantitative estimate of drug-likeness (QED) is 0.807. The fraction of sp³-hybridized carbons (Fsp3) is 0.250. The van der Waals surface area contributed by atoms with Gasteiger partial charge in [0.1, 0.15) is 5.82 Å². The van der Waals surface area contributed by atoms with Crippen LogP contribution in [0.25, 0.3) is 11.0 Å². The van der Waals surface area contributed by atoms with Gasteiger partial charge in [-0.05, 0) is 32.0 Å². The summed E-state index contributed by atoms with van der Waals surface area (Å²) >= 11 is 1.64. The number of nitrogens with zero attached hydrogens (tertiary/aromatic N) is 2. The molecule has 0 spiro atoms. The summed E-state index contributed by atoms with van der Waals surface area (Å²) in [6.45, 7) is 4.42. The summed E-state index contributed by atoms with van der Waals surface area (Å²) in [5.41, 5.74) is 2.78. The number of thiophene rings is 1. The number of amides is 1.